The summed E-state index contributed by atoms with van der Waals surface area (Å²) >= 11 is 11.5. The van der Waals surface area contributed by atoms with Gasteiger partial charge in [-0.3, -0.25) is 10.1 Å². The number of carbonyl (C=O) groups excluding carboxylic acids is 1. The molecule has 0 saturated heterocycles. The number of benzene rings is 2. The molecule has 31 heavy (non-hydrogen) atoms. The zero-order valence-electron chi connectivity index (χ0n) is 16.4. The Kier molecular flexibility index (Phi) is 6.11. The van der Waals surface area contributed by atoms with Crippen LogP contribution in [0.1, 0.15) is 5.56 Å². The first-order valence-corrected chi connectivity index (χ1v) is 10.1. The maximum Gasteiger partial charge on any atom is 0.264 e. The number of hydrogen-bond acceptors (Lipinski definition) is 6. The number of aryl methyl sites for hydroxylation is 1. The molecule has 2 N–H and O–H groups in total. The van der Waals surface area contributed by atoms with Gasteiger partial charge in [0, 0.05) is 11.8 Å². The second-order valence-electron chi connectivity index (χ2n) is 6.64. The predicted octanol–water partition coefficient (Wildman–Crippen LogP) is 4.74. The molecule has 0 aliphatic rings. The summed E-state index contributed by atoms with van der Waals surface area (Å²) in [4.78, 5) is 20.7. The van der Waals surface area contributed by atoms with E-state index in [4.69, 9.17) is 33.0 Å². The second-order valence-corrected chi connectivity index (χ2v) is 7.46. The van der Waals surface area contributed by atoms with Crippen LogP contribution in [0.15, 0.2) is 65.2 Å². The van der Waals surface area contributed by atoms with Crippen LogP contribution in [0.2, 0.25) is 5.02 Å². The molecular formula is C22H17ClN4O3S. The zero-order chi connectivity index (χ0) is 21.8. The molecular weight excluding hydrogens is 436 g/mol. The molecule has 2 aromatic heterocycles. The standard InChI is InChI=1S/C22H17ClN4O3S/c1-13-4-7-15(8-5-13)29-12-19(28)26-22(31)25-17-11-14(6-9-16(17)23)21-27-20-18(30-21)3-2-10-24-20/h2-11H,12H2,1H3,(H2,25,26,28,31). The van der Waals surface area contributed by atoms with E-state index >= 15 is 0 Å². The van der Waals surface area contributed by atoms with Crippen molar-refractivity contribution in [2.24, 2.45) is 0 Å². The van der Waals surface area contributed by atoms with Crippen molar-refractivity contribution in [1.29, 1.82) is 0 Å². The number of aromatic nitrogens is 2. The number of fused-ring (bicyclic) bond motifs is 1. The monoisotopic (exact) mass is 452 g/mol. The lowest BCUT2D eigenvalue weighted by Crippen LogP contribution is -2.37. The lowest BCUT2D eigenvalue weighted by molar-refractivity contribution is -0.121. The minimum Gasteiger partial charge on any atom is -0.484 e. The Morgan fingerprint density at radius 3 is 2.77 bits per heavy atom. The third kappa shape index (κ3) is 5.17. The van der Waals surface area contributed by atoms with Crippen LogP contribution in [-0.4, -0.2) is 27.6 Å². The van der Waals surface area contributed by atoms with E-state index in [2.05, 4.69) is 20.6 Å². The average molecular weight is 453 g/mol. The van der Waals surface area contributed by atoms with E-state index in [1.165, 1.54) is 0 Å². The molecule has 9 heteroatoms. The van der Waals surface area contributed by atoms with Crippen LogP contribution in [0.4, 0.5) is 5.69 Å². The fourth-order valence-corrected chi connectivity index (χ4v) is 3.13. The number of thiocarbonyl (C=S) groups is 1. The van der Waals surface area contributed by atoms with Gasteiger partial charge in [-0.2, -0.15) is 4.98 Å². The fourth-order valence-electron chi connectivity index (χ4n) is 2.75. The summed E-state index contributed by atoms with van der Waals surface area (Å²) in [6.07, 6.45) is 1.65. The molecule has 0 aliphatic carbocycles. The van der Waals surface area contributed by atoms with E-state index in [1.807, 2.05) is 19.1 Å². The molecule has 0 radical (unpaired) electrons. The Morgan fingerprint density at radius 1 is 1.19 bits per heavy atom. The molecule has 4 aromatic rings. The molecule has 1 amide bonds. The summed E-state index contributed by atoms with van der Waals surface area (Å²) in [5, 5.41) is 6.00. The Bertz CT molecular complexity index is 1220. The largest absolute Gasteiger partial charge is 0.484 e. The van der Waals surface area contributed by atoms with Crippen molar-refractivity contribution in [3.05, 3.63) is 71.4 Å². The number of amides is 1. The first-order valence-electron chi connectivity index (χ1n) is 9.30. The number of rotatable bonds is 5. The van der Waals surface area contributed by atoms with Gasteiger partial charge in [0.1, 0.15) is 5.75 Å². The quantitative estimate of drug-likeness (QED) is 0.422. The maximum atomic E-state index is 12.1. The van der Waals surface area contributed by atoms with E-state index in [0.717, 1.165) is 5.56 Å². The minimum atomic E-state index is -0.393. The molecule has 0 aliphatic heterocycles. The third-order valence-corrected chi connectivity index (χ3v) is 4.80. The van der Waals surface area contributed by atoms with E-state index in [0.29, 0.717) is 39.1 Å². The number of nitrogens with zero attached hydrogens (tertiary/aromatic N) is 2. The summed E-state index contributed by atoms with van der Waals surface area (Å²) in [5.41, 5.74) is 3.38. The molecule has 0 atom stereocenters. The Balaban J connectivity index is 1.40. The number of anilines is 1. The van der Waals surface area contributed by atoms with Crippen molar-refractivity contribution in [2.45, 2.75) is 6.92 Å². The van der Waals surface area contributed by atoms with E-state index < -0.39 is 5.91 Å². The van der Waals surface area contributed by atoms with Gasteiger partial charge < -0.3 is 14.5 Å². The molecule has 2 heterocycles. The van der Waals surface area contributed by atoms with Crippen molar-refractivity contribution >= 4 is 51.8 Å². The Hall–Kier alpha value is -3.49. The summed E-state index contributed by atoms with van der Waals surface area (Å²) < 4.78 is 11.2. The van der Waals surface area contributed by atoms with E-state index in [-0.39, 0.29) is 11.7 Å². The molecule has 4 rings (SSSR count). The number of pyridine rings is 1. The fraction of sp³-hybridized carbons (Fsp3) is 0.0909. The number of carbonyl (C=O) groups is 1. The first kappa shape index (κ1) is 20.8. The normalized spacial score (nSPS) is 10.6. The lowest BCUT2D eigenvalue weighted by atomic mass is 10.2. The minimum absolute atomic E-state index is 0.0933. The van der Waals surface area contributed by atoms with Crippen LogP contribution in [0, 0.1) is 6.92 Å². The number of ether oxygens (including phenoxy) is 1. The van der Waals surface area contributed by atoms with Crippen molar-refractivity contribution < 1.29 is 13.9 Å². The summed E-state index contributed by atoms with van der Waals surface area (Å²) in [7, 11) is 0. The number of nitrogens with one attached hydrogen (secondary N) is 2. The average Bonchev–Trinajstić information content (AvgIpc) is 3.19. The highest BCUT2D eigenvalue weighted by Gasteiger charge is 2.13. The lowest BCUT2D eigenvalue weighted by Gasteiger charge is -2.12. The third-order valence-electron chi connectivity index (χ3n) is 4.27. The van der Waals surface area contributed by atoms with Gasteiger partial charge in [0.05, 0.1) is 10.7 Å². The van der Waals surface area contributed by atoms with Crippen LogP contribution in [0.5, 0.6) is 5.75 Å². The van der Waals surface area contributed by atoms with Crippen molar-refractivity contribution in [3.8, 4) is 17.2 Å². The predicted molar refractivity (Wildman–Crippen MR) is 123 cm³/mol. The summed E-state index contributed by atoms with van der Waals surface area (Å²) in [5.74, 6) is 0.605. The van der Waals surface area contributed by atoms with Gasteiger partial charge in [0.15, 0.2) is 22.9 Å². The van der Waals surface area contributed by atoms with Crippen molar-refractivity contribution in [1.82, 2.24) is 15.3 Å². The van der Waals surface area contributed by atoms with E-state index in [9.17, 15) is 4.79 Å². The van der Waals surface area contributed by atoms with Gasteiger partial charge in [-0.25, -0.2) is 4.98 Å². The van der Waals surface area contributed by atoms with Gasteiger partial charge in [-0.1, -0.05) is 29.3 Å². The highest BCUT2D eigenvalue weighted by molar-refractivity contribution is 7.80. The summed E-state index contributed by atoms with van der Waals surface area (Å²) in [6.45, 7) is 1.80. The molecule has 0 fully saturated rings. The number of oxazole rings is 1. The molecule has 0 spiro atoms. The van der Waals surface area contributed by atoms with Crippen molar-refractivity contribution in [2.75, 3.05) is 11.9 Å². The maximum absolute atomic E-state index is 12.1. The van der Waals surface area contributed by atoms with Gasteiger partial charge in [-0.15, -0.1) is 0 Å². The van der Waals surface area contributed by atoms with Crippen LogP contribution in [0.3, 0.4) is 0 Å². The number of hydrogen-bond donors (Lipinski definition) is 2. The van der Waals surface area contributed by atoms with Crippen LogP contribution in [0.25, 0.3) is 22.7 Å². The molecule has 0 unspecified atom stereocenters. The van der Waals surface area contributed by atoms with Crippen LogP contribution >= 0.6 is 23.8 Å². The van der Waals surface area contributed by atoms with Crippen LogP contribution < -0.4 is 15.4 Å². The number of halogens is 1. The molecule has 2 aromatic carbocycles. The molecule has 0 saturated carbocycles. The highest BCUT2D eigenvalue weighted by atomic mass is 35.5. The van der Waals surface area contributed by atoms with Gasteiger partial charge in [0.2, 0.25) is 5.89 Å². The van der Waals surface area contributed by atoms with E-state index in [1.54, 1.807) is 48.7 Å². The first-order chi connectivity index (χ1) is 15.0. The zero-order valence-corrected chi connectivity index (χ0v) is 18.0. The Labute approximate surface area is 188 Å². The SMILES string of the molecule is Cc1ccc(OCC(=O)NC(=S)Nc2cc(-c3nc4ncccc4o3)ccc2Cl)cc1. The van der Waals surface area contributed by atoms with Crippen LogP contribution in [-0.2, 0) is 4.79 Å². The molecule has 156 valence electrons. The topological polar surface area (TPSA) is 89.3 Å². The van der Waals surface area contributed by atoms with Gasteiger partial charge >= 0.3 is 0 Å². The second kappa shape index (κ2) is 9.11. The summed E-state index contributed by atoms with van der Waals surface area (Å²) in [6, 6.07) is 16.2. The smallest absolute Gasteiger partial charge is 0.264 e. The Morgan fingerprint density at radius 2 is 2.00 bits per heavy atom. The van der Waals surface area contributed by atoms with Gasteiger partial charge in [-0.05, 0) is 61.6 Å². The van der Waals surface area contributed by atoms with Gasteiger partial charge in [0.25, 0.3) is 5.91 Å². The van der Waals surface area contributed by atoms with Crippen molar-refractivity contribution in [3.63, 3.8) is 0 Å². The molecule has 0 bridgehead atoms. The highest BCUT2D eigenvalue weighted by Crippen LogP contribution is 2.30. The molecule has 7 nitrogen and oxygen atoms in total.